The van der Waals surface area contributed by atoms with Crippen molar-refractivity contribution in [1.82, 2.24) is 0 Å². The molecule has 3 aliphatic rings. The summed E-state index contributed by atoms with van der Waals surface area (Å²) < 4.78 is 41.2. The van der Waals surface area contributed by atoms with E-state index in [4.69, 9.17) is 33.2 Å². The number of benzene rings is 2. The van der Waals surface area contributed by atoms with Crippen LogP contribution in [0.5, 0.6) is 34.5 Å². The third-order valence-electron chi connectivity index (χ3n) is 6.66. The van der Waals surface area contributed by atoms with Gasteiger partial charge in [-0.2, -0.15) is 0 Å². The van der Waals surface area contributed by atoms with Crippen molar-refractivity contribution < 1.29 is 33.2 Å². The maximum Gasteiger partial charge on any atom is 0.231 e. The summed E-state index contributed by atoms with van der Waals surface area (Å²) in [6, 6.07) is 4.01. The Morgan fingerprint density at radius 1 is 0.733 bits per heavy atom. The van der Waals surface area contributed by atoms with Crippen molar-refractivity contribution in [1.29, 1.82) is 0 Å². The standard InChI is InChI=1S/C23H26O7/c1-10-11(2)19-13-8-15-21(29-9-28-15)23(27-6)17(13)16-12(18(10)30-19)7-14(24-3)20(25-4)22(16)26-5/h7-8,10-11,18-19H,9H2,1-6H3/t10-,11-,18+,19+/m0/s1. The second kappa shape index (κ2) is 6.87. The van der Waals surface area contributed by atoms with Gasteiger partial charge in [0.2, 0.25) is 18.3 Å². The molecule has 3 heterocycles. The number of ether oxygens (including phenoxy) is 7. The summed E-state index contributed by atoms with van der Waals surface area (Å²) in [4.78, 5) is 0. The van der Waals surface area contributed by atoms with Gasteiger partial charge in [0.25, 0.3) is 0 Å². The summed E-state index contributed by atoms with van der Waals surface area (Å²) >= 11 is 0. The molecule has 7 heteroatoms. The Balaban J connectivity index is 1.94. The first-order valence-corrected chi connectivity index (χ1v) is 10.0. The van der Waals surface area contributed by atoms with Crippen molar-refractivity contribution in [2.75, 3.05) is 35.2 Å². The fourth-order valence-electron chi connectivity index (χ4n) is 5.04. The zero-order valence-electron chi connectivity index (χ0n) is 18.0. The molecule has 0 N–H and O–H groups in total. The van der Waals surface area contributed by atoms with E-state index in [0.29, 0.717) is 46.3 Å². The molecule has 0 amide bonds. The summed E-state index contributed by atoms with van der Waals surface area (Å²) in [7, 11) is 6.50. The molecule has 2 aromatic carbocycles. The van der Waals surface area contributed by atoms with Crippen LogP contribution in [0.25, 0.3) is 11.1 Å². The lowest BCUT2D eigenvalue weighted by atomic mass is 9.77. The fraction of sp³-hybridized carbons (Fsp3) is 0.478. The zero-order valence-corrected chi connectivity index (χ0v) is 18.0. The van der Waals surface area contributed by atoms with Crippen LogP contribution in [0.1, 0.15) is 37.2 Å². The van der Waals surface area contributed by atoms with Crippen molar-refractivity contribution in [2.45, 2.75) is 26.1 Å². The molecule has 1 saturated heterocycles. The zero-order chi connectivity index (χ0) is 21.2. The molecule has 0 saturated carbocycles. The van der Waals surface area contributed by atoms with Crippen LogP contribution in [-0.2, 0) is 4.74 Å². The minimum absolute atomic E-state index is 0.113. The van der Waals surface area contributed by atoms with Crippen LogP contribution in [0.2, 0.25) is 0 Å². The fourth-order valence-corrected chi connectivity index (χ4v) is 5.04. The second-order valence-corrected chi connectivity index (χ2v) is 7.91. The highest BCUT2D eigenvalue weighted by Gasteiger charge is 2.48. The van der Waals surface area contributed by atoms with Crippen molar-refractivity contribution in [3.05, 3.63) is 23.3 Å². The molecule has 0 spiro atoms. The molecule has 0 aliphatic carbocycles. The van der Waals surface area contributed by atoms with Crippen LogP contribution in [-0.4, -0.2) is 35.2 Å². The number of rotatable bonds is 4. The van der Waals surface area contributed by atoms with Gasteiger partial charge in [-0.25, -0.2) is 0 Å². The molecular weight excluding hydrogens is 388 g/mol. The maximum atomic E-state index is 6.63. The topological polar surface area (TPSA) is 64.6 Å². The minimum Gasteiger partial charge on any atom is -0.493 e. The largest absolute Gasteiger partial charge is 0.493 e. The normalized spacial score (nSPS) is 25.3. The molecule has 7 nitrogen and oxygen atoms in total. The van der Waals surface area contributed by atoms with E-state index in [0.717, 1.165) is 22.3 Å². The minimum atomic E-state index is -0.123. The first-order chi connectivity index (χ1) is 14.5. The SMILES string of the molecule is COc1cc2c(c(OC)c1OC)-c1c(cc3c(c1OC)OCO3)[C@@H]1O[C@@H]2[C@@H](C)[C@@H]1C. The summed E-state index contributed by atoms with van der Waals surface area (Å²) in [6.07, 6.45) is -0.236. The van der Waals surface area contributed by atoms with Crippen LogP contribution in [0.4, 0.5) is 0 Å². The highest BCUT2D eigenvalue weighted by Crippen LogP contribution is 2.64. The van der Waals surface area contributed by atoms with Crippen molar-refractivity contribution >= 4 is 0 Å². The van der Waals surface area contributed by atoms with Crippen molar-refractivity contribution in [2.24, 2.45) is 11.8 Å². The molecule has 4 atom stereocenters. The molecule has 2 aromatic rings. The van der Waals surface area contributed by atoms with Crippen LogP contribution in [0.15, 0.2) is 12.1 Å². The van der Waals surface area contributed by atoms with Crippen LogP contribution in [0.3, 0.4) is 0 Å². The van der Waals surface area contributed by atoms with Crippen LogP contribution in [0, 0.1) is 11.8 Å². The van der Waals surface area contributed by atoms with E-state index < -0.39 is 0 Å². The predicted molar refractivity (Wildman–Crippen MR) is 109 cm³/mol. The Bertz CT molecular complexity index is 1020. The average Bonchev–Trinajstić information content (AvgIpc) is 3.31. The number of hydrogen-bond donors (Lipinski definition) is 0. The quantitative estimate of drug-likeness (QED) is 0.729. The molecule has 1 fully saturated rings. The third-order valence-corrected chi connectivity index (χ3v) is 6.66. The molecule has 30 heavy (non-hydrogen) atoms. The van der Waals surface area contributed by atoms with E-state index in [2.05, 4.69) is 13.8 Å². The molecule has 160 valence electrons. The summed E-state index contributed by atoms with van der Waals surface area (Å²) in [5, 5.41) is 0. The molecular formula is C23H26O7. The van der Waals surface area contributed by atoms with Crippen molar-refractivity contribution in [3.8, 4) is 45.6 Å². The molecule has 0 radical (unpaired) electrons. The van der Waals surface area contributed by atoms with Gasteiger partial charge >= 0.3 is 0 Å². The van der Waals surface area contributed by atoms with Gasteiger partial charge in [0.05, 0.1) is 40.6 Å². The number of methoxy groups -OCH3 is 4. The summed E-state index contributed by atoms with van der Waals surface area (Å²) in [6.45, 7) is 4.60. The van der Waals surface area contributed by atoms with E-state index in [1.165, 1.54) is 0 Å². The van der Waals surface area contributed by atoms with E-state index in [9.17, 15) is 0 Å². The predicted octanol–water partition coefficient (Wildman–Crippen LogP) is 4.51. The molecule has 5 rings (SSSR count). The van der Waals surface area contributed by atoms with Gasteiger partial charge in [-0.15, -0.1) is 0 Å². The van der Waals surface area contributed by atoms with E-state index in [-0.39, 0.29) is 19.0 Å². The van der Waals surface area contributed by atoms with E-state index >= 15 is 0 Å². The van der Waals surface area contributed by atoms with Crippen LogP contribution < -0.4 is 28.4 Å². The van der Waals surface area contributed by atoms with Gasteiger partial charge in [-0.1, -0.05) is 13.8 Å². The summed E-state index contributed by atoms with van der Waals surface area (Å²) in [5.41, 5.74) is 3.76. The van der Waals surface area contributed by atoms with Gasteiger partial charge in [0.15, 0.2) is 23.0 Å². The van der Waals surface area contributed by atoms with Gasteiger partial charge < -0.3 is 33.2 Å². The highest BCUT2D eigenvalue weighted by molar-refractivity contribution is 5.89. The lowest BCUT2D eigenvalue weighted by Crippen LogP contribution is -2.15. The van der Waals surface area contributed by atoms with Crippen molar-refractivity contribution in [3.63, 3.8) is 0 Å². The average molecular weight is 414 g/mol. The molecule has 2 bridgehead atoms. The van der Waals surface area contributed by atoms with Crippen LogP contribution >= 0.6 is 0 Å². The summed E-state index contributed by atoms with van der Waals surface area (Å²) in [5.74, 6) is 4.18. The Kier molecular flexibility index (Phi) is 4.39. The molecule has 0 unspecified atom stereocenters. The van der Waals surface area contributed by atoms with Gasteiger partial charge in [-0.3, -0.25) is 0 Å². The first-order valence-electron chi connectivity index (χ1n) is 10.0. The Morgan fingerprint density at radius 2 is 1.33 bits per heavy atom. The number of fused-ring (bicyclic) bond motifs is 8. The third kappa shape index (κ3) is 2.35. The van der Waals surface area contributed by atoms with E-state index in [1.807, 2.05) is 12.1 Å². The Labute approximate surface area is 175 Å². The van der Waals surface area contributed by atoms with Gasteiger partial charge in [0, 0.05) is 11.1 Å². The lowest BCUT2D eigenvalue weighted by molar-refractivity contribution is 0.0312. The molecule has 3 aliphatic heterocycles. The monoisotopic (exact) mass is 414 g/mol. The van der Waals surface area contributed by atoms with Gasteiger partial charge in [-0.05, 0) is 35.1 Å². The van der Waals surface area contributed by atoms with E-state index in [1.54, 1.807) is 28.4 Å². The highest BCUT2D eigenvalue weighted by atomic mass is 16.7. The van der Waals surface area contributed by atoms with Gasteiger partial charge in [0.1, 0.15) is 0 Å². The maximum absolute atomic E-state index is 6.63. The number of hydrogen-bond acceptors (Lipinski definition) is 7. The molecule has 0 aromatic heterocycles. The second-order valence-electron chi connectivity index (χ2n) is 7.91. The first kappa shape index (κ1) is 19.2. The Hall–Kier alpha value is -2.80. The smallest absolute Gasteiger partial charge is 0.231 e. The Morgan fingerprint density at radius 3 is 1.93 bits per heavy atom. The lowest BCUT2D eigenvalue weighted by Gasteiger charge is -2.27.